The molecule has 2 saturated heterocycles. The smallest absolute Gasteiger partial charge is 0.373 e. The highest BCUT2D eigenvalue weighted by Gasteiger charge is 2.38. The first-order valence-electron chi connectivity index (χ1n) is 8.85. The molecule has 2 fully saturated rings. The summed E-state index contributed by atoms with van der Waals surface area (Å²) >= 11 is 1.06. The van der Waals surface area contributed by atoms with Crippen LogP contribution in [0.25, 0.3) is 0 Å². The molecule has 0 aromatic carbocycles. The lowest BCUT2D eigenvalue weighted by Gasteiger charge is -2.38. The number of hydrogen-bond donors (Lipinski definition) is 0. The molecule has 3 heterocycles. The van der Waals surface area contributed by atoms with Gasteiger partial charge in [-0.15, -0.1) is 11.3 Å². The van der Waals surface area contributed by atoms with Gasteiger partial charge in [-0.3, -0.25) is 4.79 Å². The zero-order valence-electron chi connectivity index (χ0n) is 14.7. The van der Waals surface area contributed by atoms with Gasteiger partial charge < -0.3 is 9.64 Å². The van der Waals surface area contributed by atoms with E-state index in [4.69, 9.17) is 4.74 Å². The van der Waals surface area contributed by atoms with Gasteiger partial charge in [-0.2, -0.15) is 13.2 Å². The van der Waals surface area contributed by atoms with Crippen molar-refractivity contribution in [1.29, 1.82) is 0 Å². The number of piperidine rings is 1. The molecule has 2 aliphatic heterocycles. The number of thiazole rings is 1. The Bertz CT molecular complexity index is 666. The minimum atomic E-state index is -4.40. The minimum Gasteiger partial charge on any atom is -0.373 e. The van der Waals surface area contributed by atoms with Crippen LogP contribution in [-0.4, -0.2) is 41.6 Å². The van der Waals surface area contributed by atoms with Gasteiger partial charge in [-0.05, 0) is 32.6 Å². The maximum absolute atomic E-state index is 12.9. The van der Waals surface area contributed by atoms with E-state index in [1.165, 1.54) is 0 Å². The summed E-state index contributed by atoms with van der Waals surface area (Å²) < 4.78 is 43.9. The molecule has 1 amide bonds. The molecule has 4 nitrogen and oxygen atoms in total. The van der Waals surface area contributed by atoms with Gasteiger partial charge >= 0.3 is 6.18 Å². The Morgan fingerprint density at radius 2 is 2.04 bits per heavy atom. The van der Waals surface area contributed by atoms with E-state index in [9.17, 15) is 18.0 Å². The molecule has 0 radical (unpaired) electrons. The number of hydrogen-bond acceptors (Lipinski definition) is 4. The van der Waals surface area contributed by atoms with Crippen LogP contribution in [0.4, 0.5) is 13.2 Å². The number of nitrogens with zero attached hydrogens (tertiary/aromatic N) is 2. The lowest BCUT2D eigenvalue weighted by atomic mass is 9.88. The summed E-state index contributed by atoms with van der Waals surface area (Å²) in [5.41, 5.74) is 0.0417. The molecule has 1 aromatic heterocycles. The number of halogens is 3. The van der Waals surface area contributed by atoms with Gasteiger partial charge in [0.25, 0.3) is 0 Å². The third kappa shape index (κ3) is 4.11. The summed E-state index contributed by atoms with van der Waals surface area (Å²) in [7, 11) is 0. The van der Waals surface area contributed by atoms with Crippen molar-refractivity contribution in [2.45, 2.75) is 50.8 Å². The van der Waals surface area contributed by atoms with Crippen molar-refractivity contribution in [2.24, 2.45) is 5.92 Å². The molecular weight excluding hydrogens is 365 g/mol. The van der Waals surface area contributed by atoms with Gasteiger partial charge in [-0.1, -0.05) is 12.2 Å². The second-order valence-electron chi connectivity index (χ2n) is 7.05. The predicted octanol–water partition coefficient (Wildman–Crippen LogP) is 4.24. The van der Waals surface area contributed by atoms with Crippen LogP contribution >= 0.6 is 11.3 Å². The first kappa shape index (κ1) is 19.4. The van der Waals surface area contributed by atoms with Crippen molar-refractivity contribution >= 4 is 17.2 Å². The van der Waals surface area contributed by atoms with Gasteiger partial charge in [0.15, 0.2) is 5.69 Å². The van der Waals surface area contributed by atoms with Crippen LogP contribution in [-0.2, 0) is 15.7 Å². The molecule has 8 heteroatoms. The number of carbonyl (C=O) groups is 1. The summed E-state index contributed by atoms with van der Waals surface area (Å²) in [5, 5.41) is 1.59. The Hall–Kier alpha value is -1.41. The van der Waals surface area contributed by atoms with Gasteiger partial charge in [0.05, 0.1) is 17.0 Å². The molecule has 0 saturated carbocycles. The third-order valence-electron chi connectivity index (χ3n) is 5.09. The SMILES string of the molecule is C=C(C)[C@@H]1OCCC[C@@H]1C(=O)N1CCC(c2nc(C(F)(F)F)cs2)CC1. The molecule has 0 bridgehead atoms. The van der Waals surface area contributed by atoms with Crippen LogP contribution in [0.15, 0.2) is 17.5 Å². The minimum absolute atomic E-state index is 0.0142. The molecular formula is C18H23F3N2O2S. The molecule has 2 atom stereocenters. The summed E-state index contributed by atoms with van der Waals surface area (Å²) in [5.74, 6) is -0.138. The predicted molar refractivity (Wildman–Crippen MR) is 92.9 cm³/mol. The summed E-state index contributed by atoms with van der Waals surface area (Å²) in [6.07, 6.45) is -1.70. The van der Waals surface area contributed by atoms with Crippen LogP contribution in [0.2, 0.25) is 0 Å². The number of likely N-dealkylation sites (tertiary alicyclic amines) is 1. The Morgan fingerprint density at radius 1 is 1.35 bits per heavy atom. The number of ether oxygens (including phenoxy) is 1. The molecule has 0 N–H and O–H groups in total. The van der Waals surface area contributed by atoms with E-state index in [0.29, 0.717) is 37.5 Å². The monoisotopic (exact) mass is 388 g/mol. The largest absolute Gasteiger partial charge is 0.434 e. The highest BCUT2D eigenvalue weighted by molar-refractivity contribution is 7.09. The van der Waals surface area contributed by atoms with E-state index < -0.39 is 11.9 Å². The van der Waals surface area contributed by atoms with Gasteiger partial charge in [0.2, 0.25) is 5.91 Å². The van der Waals surface area contributed by atoms with Crippen molar-refractivity contribution in [3.8, 4) is 0 Å². The van der Waals surface area contributed by atoms with E-state index in [0.717, 1.165) is 35.1 Å². The average Bonchev–Trinajstić information content (AvgIpc) is 3.12. The summed E-state index contributed by atoms with van der Waals surface area (Å²) in [4.78, 5) is 18.5. The first-order chi connectivity index (χ1) is 12.3. The molecule has 144 valence electrons. The van der Waals surface area contributed by atoms with Crippen molar-refractivity contribution in [3.05, 3.63) is 28.2 Å². The van der Waals surface area contributed by atoms with Crippen molar-refractivity contribution < 1.29 is 22.7 Å². The second kappa shape index (κ2) is 7.68. The van der Waals surface area contributed by atoms with Crippen molar-refractivity contribution in [3.63, 3.8) is 0 Å². The molecule has 1 aromatic rings. The quantitative estimate of drug-likeness (QED) is 0.728. The fraction of sp³-hybridized carbons (Fsp3) is 0.667. The number of rotatable bonds is 3. The van der Waals surface area contributed by atoms with E-state index in [2.05, 4.69) is 11.6 Å². The zero-order chi connectivity index (χ0) is 18.9. The molecule has 26 heavy (non-hydrogen) atoms. The van der Waals surface area contributed by atoms with Gasteiger partial charge in [0.1, 0.15) is 0 Å². The van der Waals surface area contributed by atoms with E-state index in [1.54, 1.807) is 0 Å². The zero-order valence-corrected chi connectivity index (χ0v) is 15.5. The third-order valence-corrected chi connectivity index (χ3v) is 6.10. The number of alkyl halides is 3. The highest BCUT2D eigenvalue weighted by Crippen LogP contribution is 2.36. The Morgan fingerprint density at radius 3 is 2.62 bits per heavy atom. The maximum atomic E-state index is 12.9. The standard InChI is InChI=1S/C18H23F3N2O2S/c1-11(2)15-13(4-3-9-25-15)17(24)23-7-5-12(6-8-23)16-22-14(10-26-16)18(19,20)21/h10,12-13,15H,1,3-9H2,2H3/t13-,15-/m0/s1. The fourth-order valence-electron chi connectivity index (χ4n) is 3.71. The summed E-state index contributed by atoms with van der Waals surface area (Å²) in [6, 6.07) is 0. The van der Waals surface area contributed by atoms with E-state index in [1.807, 2.05) is 11.8 Å². The average molecular weight is 388 g/mol. The molecule has 2 aliphatic rings. The van der Waals surface area contributed by atoms with Crippen LogP contribution in [0.5, 0.6) is 0 Å². The lowest BCUT2D eigenvalue weighted by Crippen LogP contribution is -2.47. The Balaban J connectivity index is 1.60. The molecule has 0 aliphatic carbocycles. The normalized spacial score (nSPS) is 25.3. The van der Waals surface area contributed by atoms with Crippen molar-refractivity contribution in [2.75, 3.05) is 19.7 Å². The number of carbonyl (C=O) groups excluding carboxylic acids is 1. The van der Waals surface area contributed by atoms with Crippen molar-refractivity contribution in [1.82, 2.24) is 9.88 Å². The van der Waals surface area contributed by atoms with E-state index in [-0.39, 0.29) is 23.8 Å². The van der Waals surface area contributed by atoms with Gasteiger partial charge in [-0.25, -0.2) is 4.98 Å². The fourth-order valence-corrected chi connectivity index (χ4v) is 4.70. The van der Waals surface area contributed by atoms with Crippen LogP contribution < -0.4 is 0 Å². The molecule has 0 unspecified atom stereocenters. The topological polar surface area (TPSA) is 42.4 Å². The molecule has 3 rings (SSSR count). The number of amides is 1. The van der Waals surface area contributed by atoms with Crippen LogP contribution in [0.3, 0.4) is 0 Å². The lowest BCUT2D eigenvalue weighted by molar-refractivity contribution is -0.144. The Labute approximate surface area is 155 Å². The Kier molecular flexibility index (Phi) is 5.72. The van der Waals surface area contributed by atoms with Crippen LogP contribution in [0, 0.1) is 5.92 Å². The number of aromatic nitrogens is 1. The highest BCUT2D eigenvalue weighted by atomic mass is 32.1. The second-order valence-corrected chi connectivity index (χ2v) is 7.94. The molecule has 0 spiro atoms. The summed E-state index contributed by atoms with van der Waals surface area (Å²) in [6.45, 7) is 7.55. The first-order valence-corrected chi connectivity index (χ1v) is 9.73. The van der Waals surface area contributed by atoms with E-state index >= 15 is 0 Å². The van der Waals surface area contributed by atoms with Crippen LogP contribution in [0.1, 0.15) is 49.2 Å². The van der Waals surface area contributed by atoms with Gasteiger partial charge in [0, 0.05) is 31.0 Å². The maximum Gasteiger partial charge on any atom is 0.434 e.